The molecule has 0 saturated carbocycles. The largest absolute Gasteiger partial charge is 0.388 e. The third-order valence-electron chi connectivity index (χ3n) is 3.78. The summed E-state index contributed by atoms with van der Waals surface area (Å²) < 4.78 is 5.09. The number of anilines is 1. The minimum atomic E-state index is -1.94. The highest BCUT2D eigenvalue weighted by molar-refractivity contribution is 5.46. The molecule has 6 nitrogen and oxygen atoms in total. The molecule has 0 bridgehead atoms. The number of aliphatic hydroxyl groups excluding tert-OH is 3. The summed E-state index contributed by atoms with van der Waals surface area (Å²) in [6.07, 6.45) is -4.22. The van der Waals surface area contributed by atoms with E-state index in [1.165, 1.54) is 0 Å². The van der Waals surface area contributed by atoms with Crippen LogP contribution in [-0.4, -0.2) is 57.7 Å². The van der Waals surface area contributed by atoms with Gasteiger partial charge in [0.1, 0.15) is 18.3 Å². The second-order valence-electron chi connectivity index (χ2n) is 5.79. The van der Waals surface area contributed by atoms with Crippen molar-refractivity contribution < 1.29 is 25.2 Å². The molecule has 0 aromatic heterocycles. The van der Waals surface area contributed by atoms with E-state index in [4.69, 9.17) is 4.74 Å². The van der Waals surface area contributed by atoms with Crippen LogP contribution in [0.2, 0.25) is 0 Å². The number of ether oxygens (including phenoxy) is 1. The third kappa shape index (κ3) is 3.53. The van der Waals surface area contributed by atoms with Crippen molar-refractivity contribution in [2.45, 2.75) is 43.9 Å². The molecule has 5 N–H and O–H groups in total. The summed E-state index contributed by atoms with van der Waals surface area (Å²) in [7, 11) is 0. The van der Waals surface area contributed by atoms with Crippen LogP contribution in [0.25, 0.3) is 0 Å². The first-order chi connectivity index (χ1) is 9.83. The van der Waals surface area contributed by atoms with Crippen LogP contribution in [0.5, 0.6) is 0 Å². The smallest absolute Gasteiger partial charge is 0.212 e. The summed E-state index contributed by atoms with van der Waals surface area (Å²) >= 11 is 0. The zero-order valence-electron chi connectivity index (χ0n) is 12.2. The number of hydrogen-bond donors (Lipinski definition) is 5. The molecule has 0 radical (unpaired) electrons. The van der Waals surface area contributed by atoms with Gasteiger partial charge in [-0.15, -0.1) is 0 Å². The molecule has 0 amide bonds. The Morgan fingerprint density at radius 1 is 1.33 bits per heavy atom. The van der Waals surface area contributed by atoms with Gasteiger partial charge < -0.3 is 30.5 Å². The normalized spacial score (nSPS) is 33.2. The van der Waals surface area contributed by atoms with Gasteiger partial charge in [0.15, 0.2) is 0 Å². The molecule has 1 saturated heterocycles. The Balaban J connectivity index is 2.03. The molecule has 1 aromatic carbocycles. The minimum Gasteiger partial charge on any atom is -0.388 e. The predicted molar refractivity (Wildman–Crippen MR) is 77.9 cm³/mol. The lowest BCUT2D eigenvalue weighted by atomic mass is 9.96. The first kappa shape index (κ1) is 16.2. The second kappa shape index (κ2) is 6.29. The molecule has 21 heavy (non-hydrogen) atoms. The highest BCUT2D eigenvalue weighted by atomic mass is 16.6. The third-order valence-corrected chi connectivity index (χ3v) is 3.78. The van der Waals surface area contributed by atoms with Crippen LogP contribution in [-0.2, 0) is 4.74 Å². The second-order valence-corrected chi connectivity index (χ2v) is 5.79. The van der Waals surface area contributed by atoms with Gasteiger partial charge in [0.25, 0.3) is 0 Å². The van der Waals surface area contributed by atoms with Crippen LogP contribution in [0, 0.1) is 0 Å². The molecule has 1 aliphatic rings. The van der Waals surface area contributed by atoms with Gasteiger partial charge in [0.2, 0.25) is 5.79 Å². The molecular formula is C15H23NO5. The van der Waals surface area contributed by atoms with Crippen molar-refractivity contribution in [3.05, 3.63) is 29.8 Å². The van der Waals surface area contributed by atoms with Gasteiger partial charge in [-0.05, 0) is 23.6 Å². The maximum Gasteiger partial charge on any atom is 0.212 e. The molecule has 1 aliphatic heterocycles. The molecule has 0 aliphatic carbocycles. The Morgan fingerprint density at radius 2 is 2.05 bits per heavy atom. The van der Waals surface area contributed by atoms with Crippen LogP contribution in [0.1, 0.15) is 25.3 Å². The minimum absolute atomic E-state index is 0.0977. The van der Waals surface area contributed by atoms with E-state index in [2.05, 4.69) is 19.2 Å². The quantitative estimate of drug-likeness (QED) is 0.537. The molecule has 118 valence electrons. The van der Waals surface area contributed by atoms with Crippen molar-refractivity contribution in [3.63, 3.8) is 0 Å². The Morgan fingerprint density at radius 3 is 2.71 bits per heavy atom. The van der Waals surface area contributed by atoms with Gasteiger partial charge in [0, 0.05) is 5.69 Å². The summed E-state index contributed by atoms with van der Waals surface area (Å²) in [4.78, 5) is 0. The van der Waals surface area contributed by atoms with Gasteiger partial charge in [-0.2, -0.15) is 0 Å². The summed E-state index contributed by atoms with van der Waals surface area (Å²) in [6, 6.07) is 7.71. The molecule has 6 heteroatoms. The van der Waals surface area contributed by atoms with Crippen molar-refractivity contribution in [3.8, 4) is 0 Å². The van der Waals surface area contributed by atoms with E-state index in [0.717, 1.165) is 11.3 Å². The lowest BCUT2D eigenvalue weighted by Crippen LogP contribution is -2.63. The van der Waals surface area contributed by atoms with Gasteiger partial charge in [-0.25, -0.2) is 0 Å². The van der Waals surface area contributed by atoms with Gasteiger partial charge in [-0.1, -0.05) is 26.0 Å². The standard InChI is InChI=1S/C15H23NO5/c1-9(2)10-4-3-5-11(6-10)16-8-15(20)14(19)13(18)12(17)7-21-15/h3-6,9,12-14,16-20H,7-8H2,1-2H3/t12-,13-,14+,15-/m1/s1. The van der Waals surface area contributed by atoms with Gasteiger partial charge in [-0.3, -0.25) is 0 Å². The summed E-state index contributed by atoms with van der Waals surface area (Å²) in [5.74, 6) is -1.56. The van der Waals surface area contributed by atoms with E-state index in [1.807, 2.05) is 24.3 Å². The molecule has 0 spiro atoms. The Labute approximate surface area is 124 Å². The van der Waals surface area contributed by atoms with Crippen LogP contribution in [0.4, 0.5) is 5.69 Å². The SMILES string of the molecule is CC(C)c1cccc(NC[C@@]2(O)OC[C@@H](O)[C@@H](O)[C@@H]2O)c1. The van der Waals surface area contributed by atoms with Gasteiger partial charge in [0.05, 0.1) is 13.2 Å². The maximum atomic E-state index is 10.3. The van der Waals surface area contributed by atoms with E-state index < -0.39 is 24.1 Å². The van der Waals surface area contributed by atoms with Crippen molar-refractivity contribution in [1.82, 2.24) is 0 Å². The first-order valence-corrected chi connectivity index (χ1v) is 7.08. The van der Waals surface area contributed by atoms with Crippen molar-refractivity contribution in [1.29, 1.82) is 0 Å². The average Bonchev–Trinajstić information content (AvgIpc) is 2.48. The number of rotatable bonds is 4. The number of aliphatic hydroxyl groups is 4. The highest BCUT2D eigenvalue weighted by Crippen LogP contribution is 2.25. The number of nitrogens with one attached hydrogen (secondary N) is 1. The average molecular weight is 297 g/mol. The topological polar surface area (TPSA) is 102 Å². The highest BCUT2D eigenvalue weighted by Gasteiger charge is 2.48. The van der Waals surface area contributed by atoms with Crippen molar-refractivity contribution in [2.75, 3.05) is 18.5 Å². The Hall–Kier alpha value is -1.18. The molecule has 2 rings (SSSR count). The zero-order chi connectivity index (χ0) is 15.6. The Kier molecular flexibility index (Phi) is 4.85. The predicted octanol–water partition coefficient (Wildman–Crippen LogP) is 0.0234. The summed E-state index contributed by atoms with van der Waals surface area (Å²) in [5, 5.41) is 42.1. The van der Waals surface area contributed by atoms with E-state index in [-0.39, 0.29) is 13.2 Å². The lowest BCUT2D eigenvalue weighted by molar-refractivity contribution is -0.313. The van der Waals surface area contributed by atoms with Crippen molar-refractivity contribution >= 4 is 5.69 Å². The van der Waals surface area contributed by atoms with E-state index in [1.54, 1.807) is 0 Å². The van der Waals surface area contributed by atoms with E-state index in [9.17, 15) is 20.4 Å². The van der Waals surface area contributed by atoms with Gasteiger partial charge >= 0.3 is 0 Å². The fourth-order valence-electron chi connectivity index (χ4n) is 2.28. The molecule has 0 unspecified atom stereocenters. The van der Waals surface area contributed by atoms with Crippen LogP contribution in [0.3, 0.4) is 0 Å². The molecule has 1 fully saturated rings. The van der Waals surface area contributed by atoms with Crippen molar-refractivity contribution in [2.24, 2.45) is 0 Å². The van der Waals surface area contributed by atoms with Crippen LogP contribution >= 0.6 is 0 Å². The van der Waals surface area contributed by atoms with E-state index in [0.29, 0.717) is 5.92 Å². The molecule has 1 heterocycles. The lowest BCUT2D eigenvalue weighted by Gasteiger charge is -2.41. The molecule has 4 atom stereocenters. The van der Waals surface area contributed by atoms with Crippen LogP contribution in [0.15, 0.2) is 24.3 Å². The Bertz CT molecular complexity index is 481. The van der Waals surface area contributed by atoms with Crippen LogP contribution < -0.4 is 5.32 Å². The number of benzene rings is 1. The summed E-state index contributed by atoms with van der Waals surface area (Å²) in [5.41, 5.74) is 1.93. The zero-order valence-corrected chi connectivity index (χ0v) is 12.2. The first-order valence-electron chi connectivity index (χ1n) is 7.08. The molecular weight excluding hydrogens is 274 g/mol. The molecule has 1 aromatic rings. The summed E-state index contributed by atoms with van der Waals surface area (Å²) in [6.45, 7) is 3.83. The maximum absolute atomic E-state index is 10.3. The fourth-order valence-corrected chi connectivity index (χ4v) is 2.28. The van der Waals surface area contributed by atoms with E-state index >= 15 is 0 Å². The number of hydrogen-bond acceptors (Lipinski definition) is 6. The monoisotopic (exact) mass is 297 g/mol. The fraction of sp³-hybridized carbons (Fsp3) is 0.600.